The molecule has 3 aromatic carbocycles. The molecule has 11 heteroatoms. The molecule has 0 spiro atoms. The van der Waals surface area contributed by atoms with Gasteiger partial charge in [0.25, 0.3) is 0 Å². The highest BCUT2D eigenvalue weighted by Gasteiger charge is 2.31. The molecular weight excluding hydrogens is 511 g/mol. The lowest BCUT2D eigenvalue weighted by atomic mass is 10.1. The lowest BCUT2D eigenvalue weighted by Gasteiger charge is -2.11. The van der Waals surface area contributed by atoms with Gasteiger partial charge in [0, 0.05) is 5.75 Å². The van der Waals surface area contributed by atoms with Gasteiger partial charge in [-0.2, -0.15) is 13.2 Å². The van der Waals surface area contributed by atoms with Crippen molar-refractivity contribution >= 4 is 68.8 Å². The summed E-state index contributed by atoms with van der Waals surface area (Å²) in [6, 6.07) is 17.1. The van der Waals surface area contributed by atoms with Crippen molar-refractivity contribution in [3.8, 4) is 0 Å². The Hall–Kier alpha value is -2.27. The number of anilines is 1. The van der Waals surface area contributed by atoms with Crippen molar-refractivity contribution in [3.63, 3.8) is 0 Å². The average Bonchev–Trinajstić information content (AvgIpc) is 3.25. The molecule has 1 heterocycles. The van der Waals surface area contributed by atoms with Gasteiger partial charge in [0.2, 0.25) is 5.91 Å². The van der Waals surface area contributed by atoms with Gasteiger partial charge in [-0.25, -0.2) is 0 Å². The number of alkyl halides is 3. The van der Waals surface area contributed by atoms with E-state index in [9.17, 15) is 18.0 Å². The van der Waals surface area contributed by atoms with Crippen LogP contribution in [0.2, 0.25) is 5.02 Å². The van der Waals surface area contributed by atoms with E-state index in [1.54, 1.807) is 11.8 Å². The molecule has 0 atom stereocenters. The van der Waals surface area contributed by atoms with Crippen LogP contribution in [0.5, 0.6) is 0 Å². The van der Waals surface area contributed by atoms with Crippen molar-refractivity contribution in [1.82, 2.24) is 10.2 Å². The lowest BCUT2D eigenvalue weighted by Crippen LogP contribution is -2.15. The van der Waals surface area contributed by atoms with Crippen molar-refractivity contribution < 1.29 is 18.0 Å². The third kappa shape index (κ3) is 6.20. The molecule has 1 aromatic heterocycles. The third-order valence-corrected chi connectivity index (χ3v) is 8.08. The van der Waals surface area contributed by atoms with Gasteiger partial charge in [-0.1, -0.05) is 88.9 Å². The summed E-state index contributed by atoms with van der Waals surface area (Å²) >= 11 is 10.0. The highest BCUT2D eigenvalue weighted by molar-refractivity contribution is 8.03. The Morgan fingerprint density at radius 1 is 1.00 bits per heavy atom. The Labute approximate surface area is 204 Å². The first kappa shape index (κ1) is 23.9. The maximum atomic E-state index is 12.9. The Bertz CT molecular complexity index is 1290. The molecule has 33 heavy (non-hydrogen) atoms. The van der Waals surface area contributed by atoms with Gasteiger partial charge in [-0.15, -0.1) is 10.2 Å². The van der Waals surface area contributed by atoms with Crippen LogP contribution in [0.15, 0.2) is 69.3 Å². The Balaban J connectivity index is 1.32. The molecule has 1 N–H and O–H groups in total. The number of thioether (sulfide) groups is 2. The number of hydrogen-bond donors (Lipinski definition) is 1. The van der Waals surface area contributed by atoms with Crippen LogP contribution in [0.3, 0.4) is 0 Å². The number of nitrogens with zero attached hydrogens (tertiary/aromatic N) is 2. The first-order valence-electron chi connectivity index (χ1n) is 9.52. The van der Waals surface area contributed by atoms with E-state index < -0.39 is 17.6 Å². The van der Waals surface area contributed by atoms with Crippen molar-refractivity contribution in [2.45, 2.75) is 20.6 Å². The summed E-state index contributed by atoms with van der Waals surface area (Å²) in [7, 11) is 0. The summed E-state index contributed by atoms with van der Waals surface area (Å²) in [5.74, 6) is 0.214. The summed E-state index contributed by atoms with van der Waals surface area (Å²) in [5.41, 5.74) is 0.229. The molecule has 0 saturated heterocycles. The van der Waals surface area contributed by atoms with Crippen LogP contribution in [0.1, 0.15) is 11.1 Å². The van der Waals surface area contributed by atoms with Gasteiger partial charge in [0.15, 0.2) is 8.68 Å². The van der Waals surface area contributed by atoms with Gasteiger partial charge in [-0.3, -0.25) is 4.79 Å². The fraction of sp³-hybridized carbons (Fsp3) is 0.136. The number of nitrogens with one attached hydrogen (secondary N) is 1. The summed E-state index contributed by atoms with van der Waals surface area (Å²) in [5, 5.41) is 13.1. The van der Waals surface area contributed by atoms with Gasteiger partial charge >= 0.3 is 6.18 Å². The number of benzene rings is 3. The molecule has 0 unspecified atom stereocenters. The summed E-state index contributed by atoms with van der Waals surface area (Å²) < 4.78 is 40.0. The zero-order valence-electron chi connectivity index (χ0n) is 16.7. The normalized spacial score (nSPS) is 11.6. The molecule has 0 fully saturated rings. The predicted molar refractivity (Wildman–Crippen MR) is 129 cm³/mol. The maximum absolute atomic E-state index is 12.9. The number of rotatable bonds is 7. The van der Waals surface area contributed by atoms with Gasteiger partial charge in [-0.05, 0) is 34.5 Å². The minimum atomic E-state index is -4.52. The van der Waals surface area contributed by atoms with Crippen LogP contribution in [-0.4, -0.2) is 21.9 Å². The van der Waals surface area contributed by atoms with Crippen LogP contribution >= 0.6 is 46.5 Å². The summed E-state index contributed by atoms with van der Waals surface area (Å²) in [4.78, 5) is 12.2. The molecule has 4 nitrogen and oxygen atoms in total. The summed E-state index contributed by atoms with van der Waals surface area (Å²) in [6.07, 6.45) is -4.52. The number of halogens is 4. The smallest absolute Gasteiger partial charge is 0.324 e. The first-order chi connectivity index (χ1) is 15.8. The lowest BCUT2D eigenvalue weighted by molar-refractivity contribution is -0.137. The predicted octanol–water partition coefficient (Wildman–Crippen LogP) is 7.39. The van der Waals surface area contributed by atoms with Gasteiger partial charge in [0.1, 0.15) is 0 Å². The molecule has 4 rings (SSSR count). The molecular formula is C22H15ClF3N3OS3. The Morgan fingerprint density at radius 3 is 2.52 bits per heavy atom. The van der Waals surface area contributed by atoms with Crippen molar-refractivity contribution in [1.29, 1.82) is 0 Å². The van der Waals surface area contributed by atoms with Crippen LogP contribution < -0.4 is 5.32 Å². The first-order valence-corrected chi connectivity index (χ1v) is 12.7. The summed E-state index contributed by atoms with van der Waals surface area (Å²) in [6.45, 7) is 0. The van der Waals surface area contributed by atoms with Crippen LogP contribution in [0, 0.1) is 0 Å². The molecule has 4 aromatic rings. The van der Waals surface area contributed by atoms with Crippen molar-refractivity contribution in [2.24, 2.45) is 0 Å². The van der Waals surface area contributed by atoms with Crippen molar-refractivity contribution in [3.05, 3.63) is 76.8 Å². The molecule has 0 radical (unpaired) electrons. The topological polar surface area (TPSA) is 54.9 Å². The maximum Gasteiger partial charge on any atom is 0.416 e. The number of aromatic nitrogens is 2. The zero-order chi connectivity index (χ0) is 23.4. The second-order valence-electron chi connectivity index (χ2n) is 6.79. The molecule has 0 bridgehead atoms. The highest BCUT2D eigenvalue weighted by Crippen LogP contribution is 2.35. The van der Waals surface area contributed by atoms with Gasteiger partial charge < -0.3 is 5.32 Å². The minimum absolute atomic E-state index is 0.0318. The highest BCUT2D eigenvalue weighted by atomic mass is 35.5. The zero-order valence-corrected chi connectivity index (χ0v) is 19.9. The van der Waals surface area contributed by atoms with Gasteiger partial charge in [0.05, 0.1) is 22.0 Å². The number of carbonyl (C=O) groups is 1. The molecule has 0 saturated carbocycles. The second-order valence-corrected chi connectivity index (χ2v) is 10.6. The second kappa shape index (κ2) is 10.3. The fourth-order valence-electron chi connectivity index (χ4n) is 2.98. The van der Waals surface area contributed by atoms with E-state index in [1.165, 1.54) is 27.7 Å². The van der Waals surface area contributed by atoms with E-state index >= 15 is 0 Å². The third-order valence-electron chi connectivity index (χ3n) is 4.51. The number of fused-ring (bicyclic) bond motifs is 1. The largest absolute Gasteiger partial charge is 0.416 e. The number of carbonyl (C=O) groups excluding carboxylic acids is 1. The number of amides is 1. The molecule has 0 aliphatic carbocycles. The van der Waals surface area contributed by atoms with E-state index in [0.717, 1.165) is 40.1 Å². The quantitative estimate of drug-likeness (QED) is 0.255. The number of hydrogen-bond acceptors (Lipinski definition) is 6. The fourth-order valence-corrected chi connectivity index (χ4v) is 5.97. The molecule has 0 aliphatic rings. The van der Waals surface area contributed by atoms with Crippen molar-refractivity contribution in [2.75, 3.05) is 11.1 Å². The van der Waals surface area contributed by atoms with E-state index in [2.05, 4.69) is 39.8 Å². The molecule has 170 valence electrons. The van der Waals surface area contributed by atoms with Crippen LogP contribution in [-0.2, 0) is 16.7 Å². The SMILES string of the molecule is O=C(CSc1nnc(SCc2cccc3ccccc23)s1)Nc1cc(C(F)(F)F)ccc1Cl. The van der Waals surface area contributed by atoms with Crippen LogP contribution in [0.4, 0.5) is 18.9 Å². The van der Waals surface area contributed by atoms with E-state index in [1.807, 2.05) is 18.2 Å². The Kier molecular flexibility index (Phi) is 7.48. The van der Waals surface area contributed by atoms with E-state index in [0.29, 0.717) is 4.34 Å². The van der Waals surface area contributed by atoms with Crippen LogP contribution in [0.25, 0.3) is 10.8 Å². The standard InChI is InChI=1S/C22H15ClF3N3OS3/c23-17-9-8-15(22(24,25)26)10-18(17)27-19(30)12-32-21-29-28-20(33-21)31-11-14-6-3-5-13-4-1-2-7-16(13)14/h1-10H,11-12H2,(H,27,30). The molecule has 0 aliphatic heterocycles. The average molecular weight is 526 g/mol. The van der Waals surface area contributed by atoms with E-state index in [-0.39, 0.29) is 16.5 Å². The monoisotopic (exact) mass is 525 g/mol. The van der Waals surface area contributed by atoms with E-state index in [4.69, 9.17) is 11.6 Å². The minimum Gasteiger partial charge on any atom is -0.324 e. The molecule has 1 amide bonds. The Morgan fingerprint density at radius 2 is 1.73 bits per heavy atom.